The highest BCUT2D eigenvalue weighted by molar-refractivity contribution is 5.84. The van der Waals surface area contributed by atoms with Gasteiger partial charge in [-0.15, -0.1) is 0 Å². The van der Waals surface area contributed by atoms with Gasteiger partial charge in [-0.05, 0) is 37.5 Å². The molecule has 1 aromatic carbocycles. The molecule has 0 radical (unpaired) electrons. The van der Waals surface area contributed by atoms with E-state index in [2.05, 4.69) is 0 Å². The number of rotatable bonds is 7. The van der Waals surface area contributed by atoms with Crippen LogP contribution in [-0.2, 0) is 20.7 Å². The van der Waals surface area contributed by atoms with Gasteiger partial charge in [0, 0.05) is 6.04 Å². The third kappa shape index (κ3) is 4.48. The van der Waals surface area contributed by atoms with Crippen molar-refractivity contribution in [1.82, 2.24) is 4.90 Å². The van der Waals surface area contributed by atoms with E-state index in [1.165, 1.54) is 0 Å². The van der Waals surface area contributed by atoms with Crippen molar-refractivity contribution in [2.45, 2.75) is 32.2 Å². The molecule has 5 nitrogen and oxygen atoms in total. The molecule has 1 aliphatic rings. The zero-order chi connectivity index (χ0) is 15.2. The molecule has 1 amide bonds. The van der Waals surface area contributed by atoms with Crippen LogP contribution < -0.4 is 4.74 Å². The summed E-state index contributed by atoms with van der Waals surface area (Å²) in [6, 6.07) is 7.61. The highest BCUT2D eigenvalue weighted by atomic mass is 16.5. The predicted octanol–water partition coefficient (Wildman–Crippen LogP) is 1.79. The number of hydrogen-bond acceptors (Lipinski definition) is 4. The minimum atomic E-state index is -0.344. The number of amides is 1. The van der Waals surface area contributed by atoms with Gasteiger partial charge in [-0.2, -0.15) is 0 Å². The Morgan fingerprint density at radius 2 is 2.10 bits per heavy atom. The van der Waals surface area contributed by atoms with Crippen molar-refractivity contribution < 1.29 is 19.1 Å². The van der Waals surface area contributed by atoms with Crippen LogP contribution >= 0.6 is 0 Å². The number of carbonyl (C=O) groups excluding carboxylic acids is 2. The molecule has 0 spiro atoms. The molecule has 0 unspecified atom stereocenters. The fourth-order valence-corrected chi connectivity index (χ4v) is 2.21. The molecule has 0 aromatic heterocycles. The summed E-state index contributed by atoms with van der Waals surface area (Å²) in [4.78, 5) is 25.7. The zero-order valence-corrected chi connectivity index (χ0v) is 12.5. The Bertz CT molecular complexity index is 511. The lowest BCUT2D eigenvalue weighted by Crippen LogP contribution is -2.39. The average Bonchev–Trinajstić information content (AvgIpc) is 3.29. The SMILES string of the molecule is CCOC(=O)CN(C(=O)Cc1cccc(OC)c1)C1CC1. The Labute approximate surface area is 124 Å². The van der Waals surface area contributed by atoms with Crippen LogP contribution in [0.1, 0.15) is 25.3 Å². The first kappa shape index (κ1) is 15.4. The van der Waals surface area contributed by atoms with E-state index in [1.54, 1.807) is 18.9 Å². The van der Waals surface area contributed by atoms with E-state index >= 15 is 0 Å². The first-order valence-electron chi connectivity index (χ1n) is 7.22. The Morgan fingerprint density at radius 3 is 2.71 bits per heavy atom. The highest BCUT2D eigenvalue weighted by Crippen LogP contribution is 2.27. The maximum Gasteiger partial charge on any atom is 0.325 e. The van der Waals surface area contributed by atoms with E-state index in [4.69, 9.17) is 9.47 Å². The molecule has 0 heterocycles. The summed E-state index contributed by atoms with van der Waals surface area (Å²) in [6.45, 7) is 2.14. The standard InChI is InChI=1S/C16H21NO4/c1-3-21-16(19)11-17(13-7-8-13)15(18)10-12-5-4-6-14(9-12)20-2/h4-6,9,13H,3,7-8,10-11H2,1-2H3. The lowest BCUT2D eigenvalue weighted by atomic mass is 10.1. The molecule has 2 rings (SSSR count). The van der Waals surface area contributed by atoms with E-state index in [-0.39, 0.29) is 30.9 Å². The molecule has 1 fully saturated rings. The van der Waals surface area contributed by atoms with Gasteiger partial charge in [0.2, 0.25) is 5.91 Å². The fraction of sp³-hybridized carbons (Fsp3) is 0.500. The monoisotopic (exact) mass is 291 g/mol. The van der Waals surface area contributed by atoms with Gasteiger partial charge in [0.05, 0.1) is 20.1 Å². The van der Waals surface area contributed by atoms with Crippen LogP contribution in [0.5, 0.6) is 5.75 Å². The third-order valence-electron chi connectivity index (χ3n) is 3.40. The van der Waals surface area contributed by atoms with E-state index in [0.717, 1.165) is 24.2 Å². The Balaban J connectivity index is 1.99. The van der Waals surface area contributed by atoms with E-state index in [9.17, 15) is 9.59 Å². The summed E-state index contributed by atoms with van der Waals surface area (Å²) < 4.78 is 10.1. The second-order valence-corrected chi connectivity index (χ2v) is 5.09. The molecule has 114 valence electrons. The number of nitrogens with zero attached hydrogens (tertiary/aromatic N) is 1. The van der Waals surface area contributed by atoms with E-state index in [1.807, 2.05) is 24.3 Å². The lowest BCUT2D eigenvalue weighted by molar-refractivity contribution is -0.149. The van der Waals surface area contributed by atoms with Crippen LogP contribution in [0.15, 0.2) is 24.3 Å². The number of ether oxygens (including phenoxy) is 2. The average molecular weight is 291 g/mol. The first-order valence-corrected chi connectivity index (χ1v) is 7.22. The maximum absolute atomic E-state index is 12.4. The quantitative estimate of drug-likeness (QED) is 0.719. The van der Waals surface area contributed by atoms with Crippen molar-refractivity contribution in [3.63, 3.8) is 0 Å². The van der Waals surface area contributed by atoms with Gasteiger partial charge in [-0.25, -0.2) is 0 Å². The molecule has 0 bridgehead atoms. The summed E-state index contributed by atoms with van der Waals surface area (Å²) in [6.07, 6.45) is 2.19. The summed E-state index contributed by atoms with van der Waals surface area (Å²) in [5, 5.41) is 0. The Morgan fingerprint density at radius 1 is 1.33 bits per heavy atom. The Kier molecular flexibility index (Phi) is 5.20. The summed E-state index contributed by atoms with van der Waals surface area (Å²) in [5.41, 5.74) is 0.883. The normalized spacial score (nSPS) is 13.6. The van der Waals surface area contributed by atoms with Gasteiger partial charge < -0.3 is 14.4 Å². The number of carbonyl (C=O) groups is 2. The van der Waals surface area contributed by atoms with Crippen molar-refractivity contribution >= 4 is 11.9 Å². The van der Waals surface area contributed by atoms with Gasteiger partial charge in [0.1, 0.15) is 12.3 Å². The van der Waals surface area contributed by atoms with Crippen LogP contribution in [0.3, 0.4) is 0 Å². The maximum atomic E-state index is 12.4. The summed E-state index contributed by atoms with van der Waals surface area (Å²) >= 11 is 0. The molecule has 0 N–H and O–H groups in total. The second-order valence-electron chi connectivity index (χ2n) is 5.09. The molecule has 21 heavy (non-hydrogen) atoms. The highest BCUT2D eigenvalue weighted by Gasteiger charge is 2.34. The fourth-order valence-electron chi connectivity index (χ4n) is 2.21. The Hall–Kier alpha value is -2.04. The van der Waals surface area contributed by atoms with Crippen LogP contribution in [0.4, 0.5) is 0 Å². The minimum Gasteiger partial charge on any atom is -0.497 e. The molecule has 1 aliphatic carbocycles. The van der Waals surface area contributed by atoms with Crippen LogP contribution in [0.2, 0.25) is 0 Å². The van der Waals surface area contributed by atoms with Gasteiger partial charge in [0.25, 0.3) is 0 Å². The third-order valence-corrected chi connectivity index (χ3v) is 3.40. The smallest absolute Gasteiger partial charge is 0.325 e. The predicted molar refractivity (Wildman–Crippen MR) is 78.1 cm³/mol. The van der Waals surface area contributed by atoms with Gasteiger partial charge in [-0.1, -0.05) is 12.1 Å². The van der Waals surface area contributed by atoms with Crippen LogP contribution in [0.25, 0.3) is 0 Å². The van der Waals surface area contributed by atoms with Crippen molar-refractivity contribution in [3.8, 4) is 5.75 Å². The largest absolute Gasteiger partial charge is 0.497 e. The number of benzene rings is 1. The molecule has 1 aromatic rings. The zero-order valence-electron chi connectivity index (χ0n) is 12.5. The van der Waals surface area contributed by atoms with E-state index < -0.39 is 0 Å². The topological polar surface area (TPSA) is 55.8 Å². The molecule has 1 saturated carbocycles. The minimum absolute atomic E-state index is 0.0428. The molecule has 0 saturated heterocycles. The van der Waals surface area contributed by atoms with Crippen molar-refractivity contribution in [2.75, 3.05) is 20.3 Å². The second kappa shape index (κ2) is 7.11. The number of esters is 1. The first-order chi connectivity index (χ1) is 10.1. The van der Waals surface area contributed by atoms with Gasteiger partial charge in [0.15, 0.2) is 0 Å². The molecule has 0 aliphatic heterocycles. The van der Waals surface area contributed by atoms with Crippen LogP contribution in [0, 0.1) is 0 Å². The summed E-state index contributed by atoms with van der Waals surface area (Å²) in [5.74, 6) is 0.339. The van der Waals surface area contributed by atoms with Gasteiger partial charge >= 0.3 is 5.97 Å². The van der Waals surface area contributed by atoms with Crippen molar-refractivity contribution in [3.05, 3.63) is 29.8 Å². The number of methoxy groups -OCH3 is 1. The van der Waals surface area contributed by atoms with Crippen molar-refractivity contribution in [2.24, 2.45) is 0 Å². The van der Waals surface area contributed by atoms with Crippen molar-refractivity contribution in [1.29, 1.82) is 0 Å². The molecule has 0 atom stereocenters. The molecule has 5 heteroatoms. The van der Waals surface area contributed by atoms with E-state index in [0.29, 0.717) is 6.61 Å². The van der Waals surface area contributed by atoms with Crippen LogP contribution in [-0.4, -0.2) is 43.1 Å². The molecular weight excluding hydrogens is 270 g/mol. The van der Waals surface area contributed by atoms with Gasteiger partial charge in [-0.3, -0.25) is 9.59 Å². The lowest BCUT2D eigenvalue weighted by Gasteiger charge is -2.21. The summed E-state index contributed by atoms with van der Waals surface area (Å²) in [7, 11) is 1.60. The number of hydrogen-bond donors (Lipinski definition) is 0. The molecular formula is C16H21NO4.